The summed E-state index contributed by atoms with van der Waals surface area (Å²) in [6, 6.07) is 5.07. The average Bonchev–Trinajstić information content (AvgIpc) is 2.76. The lowest BCUT2D eigenvalue weighted by Gasteiger charge is -2.12. The molecule has 0 bridgehead atoms. The maximum absolute atomic E-state index is 11.9. The number of carbonyl (C=O) groups excluding carboxylic acids is 1. The van der Waals surface area contributed by atoms with E-state index in [0.717, 1.165) is 51.4 Å². The number of hydrogen-bond acceptors (Lipinski definition) is 6. The van der Waals surface area contributed by atoms with Crippen LogP contribution in [0.1, 0.15) is 61.7 Å². The molecule has 0 amide bonds. The second kappa shape index (κ2) is 16.8. The van der Waals surface area contributed by atoms with Crippen molar-refractivity contribution in [2.45, 2.75) is 51.4 Å². The van der Waals surface area contributed by atoms with Crippen molar-refractivity contribution >= 4 is 5.97 Å². The first-order chi connectivity index (χ1) is 14.7. The van der Waals surface area contributed by atoms with Gasteiger partial charge in [0.05, 0.1) is 25.9 Å². The molecular formula is C20H30N6O4. The first-order valence-electron chi connectivity index (χ1n) is 10.2. The van der Waals surface area contributed by atoms with Crippen LogP contribution in [-0.4, -0.2) is 39.4 Å². The van der Waals surface area contributed by atoms with E-state index in [9.17, 15) is 4.79 Å². The molecule has 164 valence electrons. The number of unbranched alkanes of at least 4 members (excludes halogenated alkanes) is 6. The number of azide groups is 2. The van der Waals surface area contributed by atoms with Crippen LogP contribution in [0.3, 0.4) is 0 Å². The van der Waals surface area contributed by atoms with Crippen molar-refractivity contribution < 1.29 is 19.0 Å². The fourth-order valence-corrected chi connectivity index (χ4v) is 2.72. The second-order valence-electron chi connectivity index (χ2n) is 6.62. The van der Waals surface area contributed by atoms with E-state index in [4.69, 9.17) is 25.3 Å². The Morgan fingerprint density at radius 2 is 1.27 bits per heavy atom. The minimum atomic E-state index is -0.443. The molecule has 0 radical (unpaired) electrons. The molecule has 0 aliphatic carbocycles. The van der Waals surface area contributed by atoms with Crippen molar-refractivity contribution in [2.24, 2.45) is 10.2 Å². The number of ether oxygens (including phenoxy) is 3. The van der Waals surface area contributed by atoms with Gasteiger partial charge in [0, 0.05) is 29.0 Å². The molecule has 0 atom stereocenters. The number of nitrogens with zero attached hydrogens (tertiary/aromatic N) is 6. The molecule has 0 aliphatic heterocycles. The first kappa shape index (κ1) is 24.9. The first-order valence-corrected chi connectivity index (χ1v) is 10.2. The highest BCUT2D eigenvalue weighted by molar-refractivity contribution is 5.90. The Labute approximate surface area is 176 Å². The lowest BCUT2D eigenvalue weighted by molar-refractivity contribution is 0.0599. The Hall–Kier alpha value is -3.09. The summed E-state index contributed by atoms with van der Waals surface area (Å²) in [5.41, 5.74) is 16.9. The van der Waals surface area contributed by atoms with Crippen LogP contribution in [0.4, 0.5) is 0 Å². The van der Waals surface area contributed by atoms with Crippen molar-refractivity contribution in [3.05, 3.63) is 44.6 Å². The topological polar surface area (TPSA) is 142 Å². The molecule has 10 nitrogen and oxygen atoms in total. The van der Waals surface area contributed by atoms with Gasteiger partial charge in [-0.15, -0.1) is 0 Å². The third-order valence-corrected chi connectivity index (χ3v) is 4.27. The summed E-state index contributed by atoms with van der Waals surface area (Å²) in [4.78, 5) is 17.4. The number of benzene rings is 1. The summed E-state index contributed by atoms with van der Waals surface area (Å²) in [5, 5.41) is 7.02. The minimum absolute atomic E-state index is 0.383. The number of esters is 1. The van der Waals surface area contributed by atoms with Crippen molar-refractivity contribution in [1.29, 1.82) is 0 Å². The number of methoxy groups -OCH3 is 1. The Morgan fingerprint density at radius 1 is 0.800 bits per heavy atom. The monoisotopic (exact) mass is 418 g/mol. The van der Waals surface area contributed by atoms with Gasteiger partial charge in [0.1, 0.15) is 11.5 Å². The maximum atomic E-state index is 11.9. The largest absolute Gasteiger partial charge is 0.493 e. The van der Waals surface area contributed by atoms with Gasteiger partial charge in [0.2, 0.25) is 0 Å². The van der Waals surface area contributed by atoms with E-state index in [-0.39, 0.29) is 0 Å². The average molecular weight is 418 g/mol. The molecular weight excluding hydrogens is 388 g/mol. The molecule has 0 saturated heterocycles. The van der Waals surface area contributed by atoms with Crippen LogP contribution in [0.25, 0.3) is 20.9 Å². The van der Waals surface area contributed by atoms with E-state index < -0.39 is 5.97 Å². The molecule has 10 heteroatoms. The smallest absolute Gasteiger partial charge is 0.338 e. The van der Waals surface area contributed by atoms with Crippen LogP contribution in [-0.2, 0) is 4.74 Å². The molecule has 30 heavy (non-hydrogen) atoms. The van der Waals surface area contributed by atoms with Gasteiger partial charge < -0.3 is 14.2 Å². The molecule has 0 aliphatic rings. The highest BCUT2D eigenvalue weighted by Gasteiger charge is 2.10. The molecule has 0 N–H and O–H groups in total. The summed E-state index contributed by atoms with van der Waals surface area (Å²) < 4.78 is 16.4. The fraction of sp³-hybridized carbons (Fsp3) is 0.650. The Morgan fingerprint density at radius 3 is 1.70 bits per heavy atom. The SMILES string of the molecule is COC(=O)c1cc(OCCCCCCN=[N+]=[N-])cc(OCCCCCCN=[N+]=[N-])c1. The predicted molar refractivity (Wildman–Crippen MR) is 114 cm³/mol. The highest BCUT2D eigenvalue weighted by atomic mass is 16.5. The van der Waals surface area contributed by atoms with Gasteiger partial charge in [-0.3, -0.25) is 0 Å². The normalized spacial score (nSPS) is 9.90. The zero-order chi connectivity index (χ0) is 21.9. The van der Waals surface area contributed by atoms with Gasteiger partial charge >= 0.3 is 5.97 Å². The Bertz CT molecular complexity index is 680. The Kier molecular flexibility index (Phi) is 14.0. The number of hydrogen-bond donors (Lipinski definition) is 0. The highest BCUT2D eigenvalue weighted by Crippen LogP contribution is 2.24. The number of carbonyl (C=O) groups is 1. The third-order valence-electron chi connectivity index (χ3n) is 4.27. The van der Waals surface area contributed by atoms with Crippen molar-refractivity contribution in [1.82, 2.24) is 0 Å². The van der Waals surface area contributed by atoms with E-state index >= 15 is 0 Å². The summed E-state index contributed by atoms with van der Waals surface area (Å²) in [6.45, 7) is 2.09. The van der Waals surface area contributed by atoms with Gasteiger partial charge in [-0.1, -0.05) is 35.9 Å². The summed E-state index contributed by atoms with van der Waals surface area (Å²) in [7, 11) is 1.34. The Balaban J connectivity index is 2.44. The summed E-state index contributed by atoms with van der Waals surface area (Å²) >= 11 is 0. The van der Waals surface area contributed by atoms with Crippen molar-refractivity contribution in [3.63, 3.8) is 0 Å². The standard InChI is InChI=1S/C20H30N6O4/c1-28-20(27)17-14-18(29-12-8-4-2-6-10-23-25-21)16-19(15-17)30-13-9-5-3-7-11-24-26-22/h14-16H,2-13H2,1H3. The van der Waals surface area contributed by atoms with Crippen LogP contribution in [0.2, 0.25) is 0 Å². The molecule has 0 unspecified atom stereocenters. The van der Waals surface area contributed by atoms with Crippen molar-refractivity contribution in [3.8, 4) is 11.5 Å². The van der Waals surface area contributed by atoms with E-state index in [1.54, 1.807) is 18.2 Å². The molecule has 0 aromatic heterocycles. The van der Waals surface area contributed by atoms with Crippen LogP contribution in [0, 0.1) is 0 Å². The van der Waals surface area contributed by atoms with Gasteiger partial charge in [-0.05, 0) is 48.9 Å². The molecule has 0 saturated carbocycles. The molecule has 0 heterocycles. The second-order valence-corrected chi connectivity index (χ2v) is 6.62. The molecule has 1 rings (SSSR count). The van der Waals surface area contributed by atoms with Crippen LogP contribution in [0.5, 0.6) is 11.5 Å². The fourth-order valence-electron chi connectivity index (χ4n) is 2.72. The predicted octanol–water partition coefficient (Wildman–Crippen LogP) is 5.97. The summed E-state index contributed by atoms with van der Waals surface area (Å²) in [6.07, 6.45) is 7.36. The molecule has 0 spiro atoms. The maximum Gasteiger partial charge on any atom is 0.338 e. The van der Waals surface area contributed by atoms with Crippen LogP contribution < -0.4 is 9.47 Å². The van der Waals surface area contributed by atoms with E-state index in [0.29, 0.717) is 43.4 Å². The van der Waals surface area contributed by atoms with E-state index in [1.807, 2.05) is 0 Å². The van der Waals surface area contributed by atoms with E-state index in [2.05, 4.69) is 20.1 Å². The molecule has 0 fully saturated rings. The lowest BCUT2D eigenvalue weighted by atomic mass is 10.2. The third kappa shape index (κ3) is 11.7. The minimum Gasteiger partial charge on any atom is -0.493 e. The van der Waals surface area contributed by atoms with Crippen molar-refractivity contribution in [2.75, 3.05) is 33.4 Å². The van der Waals surface area contributed by atoms with Gasteiger partial charge in [-0.25, -0.2) is 4.79 Å². The lowest BCUT2D eigenvalue weighted by Crippen LogP contribution is -2.05. The van der Waals surface area contributed by atoms with Gasteiger partial charge in [0.15, 0.2) is 0 Å². The van der Waals surface area contributed by atoms with Crippen LogP contribution >= 0.6 is 0 Å². The quantitative estimate of drug-likeness (QED) is 0.101. The zero-order valence-electron chi connectivity index (χ0n) is 17.5. The van der Waals surface area contributed by atoms with Crippen LogP contribution in [0.15, 0.2) is 28.4 Å². The van der Waals surface area contributed by atoms with Gasteiger partial charge in [0.25, 0.3) is 0 Å². The molecule has 1 aromatic carbocycles. The van der Waals surface area contributed by atoms with Gasteiger partial charge in [-0.2, -0.15) is 0 Å². The van der Waals surface area contributed by atoms with E-state index in [1.165, 1.54) is 7.11 Å². The molecule has 1 aromatic rings. The zero-order valence-corrected chi connectivity index (χ0v) is 17.5. The summed E-state index contributed by atoms with van der Waals surface area (Å²) in [5.74, 6) is 0.689. The number of rotatable bonds is 17.